The highest BCUT2D eigenvalue weighted by atomic mass is 19.1. The summed E-state index contributed by atoms with van der Waals surface area (Å²) in [6, 6.07) is 12.3. The number of hydrogen-bond donors (Lipinski definition) is 1. The molecule has 7 nitrogen and oxygen atoms in total. The van der Waals surface area contributed by atoms with Crippen molar-refractivity contribution in [2.24, 2.45) is 5.92 Å². The number of aromatic nitrogens is 1. The monoisotopic (exact) mass is 519 g/mol. The van der Waals surface area contributed by atoms with Crippen LogP contribution in [0.3, 0.4) is 0 Å². The summed E-state index contributed by atoms with van der Waals surface area (Å²) in [6.45, 7) is 0.951. The van der Waals surface area contributed by atoms with Crippen LogP contribution in [-0.2, 0) is 19.7 Å². The third-order valence-corrected chi connectivity index (χ3v) is 8.12. The Hall–Kier alpha value is -4.01. The summed E-state index contributed by atoms with van der Waals surface area (Å²) < 4.78 is 35.0. The van der Waals surface area contributed by atoms with Crippen molar-refractivity contribution in [3.63, 3.8) is 0 Å². The lowest BCUT2D eigenvalue weighted by Gasteiger charge is -2.57. The van der Waals surface area contributed by atoms with Crippen LogP contribution >= 0.6 is 0 Å². The van der Waals surface area contributed by atoms with E-state index >= 15 is 0 Å². The number of piperidine rings is 2. The van der Waals surface area contributed by atoms with Gasteiger partial charge >= 0.3 is 0 Å². The molecule has 3 fully saturated rings. The van der Waals surface area contributed by atoms with E-state index in [1.54, 1.807) is 4.57 Å². The zero-order valence-electron chi connectivity index (χ0n) is 20.7. The van der Waals surface area contributed by atoms with Gasteiger partial charge in [0, 0.05) is 37.5 Å². The van der Waals surface area contributed by atoms with Gasteiger partial charge in [-0.3, -0.25) is 14.4 Å². The van der Waals surface area contributed by atoms with E-state index in [2.05, 4.69) is 5.32 Å². The first-order chi connectivity index (χ1) is 18.3. The molecule has 9 heteroatoms. The van der Waals surface area contributed by atoms with Crippen LogP contribution in [0, 0.1) is 17.6 Å². The quantitative estimate of drug-likeness (QED) is 0.533. The topological polar surface area (TPSA) is 80.6 Å². The summed E-state index contributed by atoms with van der Waals surface area (Å²) in [5.74, 6) is -2.18. The molecule has 2 aromatic carbocycles. The lowest BCUT2D eigenvalue weighted by molar-refractivity contribution is -0.0391. The Bertz CT molecular complexity index is 1480. The standard InChI is InChI=1S/C29H27F2N3O4/c30-21-7-6-20(23(31)12-21)13-32-27(36)22-15-33-17-29-10-8-18(9-11-29)14-34(29)28(37)24(33)26(25(22)35)38-16-19-4-2-1-3-5-19/h1-7,12,15,18H,8-11,13-14,16-17H2,(H,32,36)/t18-,29+. The van der Waals surface area contributed by atoms with Crippen LogP contribution in [0.5, 0.6) is 5.75 Å². The third-order valence-electron chi connectivity index (χ3n) is 8.12. The highest BCUT2D eigenvalue weighted by Gasteiger charge is 2.52. The van der Waals surface area contributed by atoms with Crippen LogP contribution in [0.15, 0.2) is 59.5 Å². The van der Waals surface area contributed by atoms with E-state index in [0.29, 0.717) is 19.0 Å². The van der Waals surface area contributed by atoms with Gasteiger partial charge in [-0.2, -0.15) is 0 Å². The second kappa shape index (κ2) is 9.38. The molecule has 38 heavy (non-hydrogen) atoms. The second-order valence-corrected chi connectivity index (χ2v) is 10.5. The number of pyridine rings is 1. The summed E-state index contributed by atoms with van der Waals surface area (Å²) in [5.41, 5.74) is -0.177. The van der Waals surface area contributed by atoms with Crippen molar-refractivity contribution in [2.75, 3.05) is 6.54 Å². The SMILES string of the molecule is O=C(NCc1ccc(F)cc1F)c1cn2c(c(OCc3ccccc3)c1=O)C(=O)N1C[C@H]3CC[C@@]1(CC3)C2. The first kappa shape index (κ1) is 24.3. The fourth-order valence-corrected chi connectivity index (χ4v) is 6.05. The van der Waals surface area contributed by atoms with Crippen LogP contribution in [0.25, 0.3) is 0 Å². The van der Waals surface area contributed by atoms with E-state index in [-0.39, 0.29) is 47.2 Å². The first-order valence-electron chi connectivity index (χ1n) is 12.8. The fourth-order valence-electron chi connectivity index (χ4n) is 6.05. The molecule has 1 N–H and O–H groups in total. The number of carbonyl (C=O) groups excluding carboxylic acids is 2. The molecule has 1 aliphatic carbocycles. The number of carbonyl (C=O) groups is 2. The smallest absolute Gasteiger partial charge is 0.275 e. The summed E-state index contributed by atoms with van der Waals surface area (Å²) in [5, 5.41) is 2.56. The molecule has 0 unspecified atom stereocenters. The number of nitrogens with zero attached hydrogens (tertiary/aromatic N) is 2. The average molecular weight is 520 g/mol. The lowest BCUT2D eigenvalue weighted by Crippen LogP contribution is -2.65. The molecule has 4 heterocycles. The minimum Gasteiger partial charge on any atom is -0.483 e. The molecule has 1 aromatic heterocycles. The van der Waals surface area contributed by atoms with Crippen molar-refractivity contribution in [2.45, 2.75) is 50.9 Å². The third kappa shape index (κ3) is 4.15. The molecule has 2 bridgehead atoms. The van der Waals surface area contributed by atoms with Gasteiger partial charge in [0.2, 0.25) is 5.43 Å². The van der Waals surface area contributed by atoms with Crippen molar-refractivity contribution in [1.29, 1.82) is 0 Å². The molecule has 4 aliphatic rings. The Morgan fingerprint density at radius 3 is 2.58 bits per heavy atom. The zero-order chi connectivity index (χ0) is 26.4. The van der Waals surface area contributed by atoms with Gasteiger partial charge in [-0.15, -0.1) is 0 Å². The molecule has 3 aliphatic heterocycles. The molecule has 196 valence electrons. The minimum atomic E-state index is -0.794. The number of fused-ring (bicyclic) bond motifs is 3. The molecule has 2 amide bonds. The first-order valence-corrected chi connectivity index (χ1v) is 12.8. The predicted molar refractivity (Wildman–Crippen MR) is 135 cm³/mol. The predicted octanol–water partition coefficient (Wildman–Crippen LogP) is 4.03. The van der Waals surface area contributed by atoms with Gasteiger partial charge in [-0.25, -0.2) is 8.78 Å². The van der Waals surface area contributed by atoms with E-state index in [1.807, 2.05) is 35.2 Å². The van der Waals surface area contributed by atoms with E-state index < -0.39 is 23.0 Å². The van der Waals surface area contributed by atoms with Gasteiger partial charge in [0.25, 0.3) is 11.8 Å². The van der Waals surface area contributed by atoms with Crippen LogP contribution in [0.1, 0.15) is 57.7 Å². The number of nitrogens with one attached hydrogen (secondary N) is 1. The Balaban J connectivity index is 1.37. The Morgan fingerprint density at radius 1 is 1.08 bits per heavy atom. The number of amides is 2. The summed E-state index contributed by atoms with van der Waals surface area (Å²) in [7, 11) is 0. The molecule has 0 atom stereocenters. The largest absolute Gasteiger partial charge is 0.483 e. The zero-order valence-corrected chi connectivity index (χ0v) is 20.7. The second-order valence-electron chi connectivity index (χ2n) is 10.5. The highest BCUT2D eigenvalue weighted by Crippen LogP contribution is 2.47. The van der Waals surface area contributed by atoms with E-state index in [4.69, 9.17) is 4.74 Å². The van der Waals surface area contributed by atoms with Gasteiger partial charge in [-0.05, 0) is 43.2 Å². The maximum absolute atomic E-state index is 14.1. The van der Waals surface area contributed by atoms with Crippen molar-refractivity contribution >= 4 is 11.8 Å². The summed E-state index contributed by atoms with van der Waals surface area (Å²) in [4.78, 5) is 42.5. The van der Waals surface area contributed by atoms with Crippen LogP contribution in [0.2, 0.25) is 0 Å². The van der Waals surface area contributed by atoms with Gasteiger partial charge in [0.1, 0.15) is 23.8 Å². The number of halogens is 2. The number of benzene rings is 2. The Kier molecular flexibility index (Phi) is 6.01. The molecule has 1 saturated carbocycles. The highest BCUT2D eigenvalue weighted by molar-refractivity contribution is 5.99. The molecule has 7 rings (SSSR count). The molecule has 3 aromatic rings. The van der Waals surface area contributed by atoms with Gasteiger partial charge in [0.15, 0.2) is 11.4 Å². The van der Waals surface area contributed by atoms with Crippen LogP contribution in [0.4, 0.5) is 8.78 Å². The van der Waals surface area contributed by atoms with E-state index in [0.717, 1.165) is 43.4 Å². The number of hydrogen-bond acceptors (Lipinski definition) is 4. The minimum absolute atomic E-state index is 0.0516. The van der Waals surface area contributed by atoms with E-state index in [9.17, 15) is 23.2 Å². The maximum atomic E-state index is 14.1. The summed E-state index contributed by atoms with van der Waals surface area (Å²) >= 11 is 0. The fraction of sp³-hybridized carbons (Fsp3) is 0.345. The van der Waals surface area contributed by atoms with Gasteiger partial charge < -0.3 is 19.5 Å². The lowest BCUT2D eigenvalue weighted by atomic mass is 9.69. The van der Waals surface area contributed by atoms with E-state index in [1.165, 1.54) is 12.3 Å². The van der Waals surface area contributed by atoms with Crippen molar-refractivity contribution in [1.82, 2.24) is 14.8 Å². The number of rotatable bonds is 6. The Morgan fingerprint density at radius 2 is 1.84 bits per heavy atom. The Labute approximate surface area is 218 Å². The van der Waals surface area contributed by atoms with Crippen LogP contribution in [-0.4, -0.2) is 33.4 Å². The maximum Gasteiger partial charge on any atom is 0.275 e. The van der Waals surface area contributed by atoms with Crippen molar-refractivity contribution < 1.29 is 23.1 Å². The van der Waals surface area contributed by atoms with Crippen molar-refractivity contribution in [3.8, 4) is 5.75 Å². The molecule has 0 radical (unpaired) electrons. The number of ether oxygens (including phenoxy) is 1. The average Bonchev–Trinajstić information content (AvgIpc) is 2.92. The normalized spacial score (nSPS) is 21.6. The van der Waals surface area contributed by atoms with Crippen molar-refractivity contribution in [3.05, 3.63) is 99.0 Å². The molecule has 2 saturated heterocycles. The molecule has 1 spiro atoms. The van der Waals surface area contributed by atoms with Crippen LogP contribution < -0.4 is 15.5 Å². The molecular weight excluding hydrogens is 492 g/mol. The van der Waals surface area contributed by atoms with Gasteiger partial charge in [-0.1, -0.05) is 36.4 Å². The molecular formula is C29H27F2N3O4. The summed E-state index contributed by atoms with van der Waals surface area (Å²) in [6.07, 6.45) is 5.27. The van der Waals surface area contributed by atoms with Gasteiger partial charge in [0.05, 0.1) is 5.54 Å².